The molecule has 0 radical (unpaired) electrons. The summed E-state index contributed by atoms with van der Waals surface area (Å²) in [5.41, 5.74) is 7.66. The van der Waals surface area contributed by atoms with Crippen molar-refractivity contribution in [1.29, 1.82) is 0 Å². The molecule has 12 heteroatoms. The topological polar surface area (TPSA) is 121 Å². The molecule has 1 saturated heterocycles. The third-order valence-electron chi connectivity index (χ3n) is 6.49. The van der Waals surface area contributed by atoms with E-state index < -0.39 is 17.2 Å². The van der Waals surface area contributed by atoms with E-state index in [9.17, 15) is 13.6 Å². The van der Waals surface area contributed by atoms with Gasteiger partial charge in [0.05, 0.1) is 36.9 Å². The number of hydrogen-bond donors (Lipinski definition) is 1. The largest absolute Gasteiger partial charge is 0.493 e. The summed E-state index contributed by atoms with van der Waals surface area (Å²) >= 11 is 0. The maximum atomic E-state index is 15.0. The zero-order valence-corrected chi connectivity index (χ0v) is 21.1. The molecule has 1 aromatic carbocycles. The predicted octanol–water partition coefficient (Wildman–Crippen LogP) is 3.13. The van der Waals surface area contributed by atoms with Crippen LogP contribution in [-0.4, -0.2) is 62.8 Å². The molecule has 1 aliphatic heterocycles. The van der Waals surface area contributed by atoms with Gasteiger partial charge in [0.1, 0.15) is 23.4 Å². The highest BCUT2D eigenvalue weighted by Crippen LogP contribution is 2.36. The van der Waals surface area contributed by atoms with Crippen molar-refractivity contribution < 1.29 is 23.0 Å². The van der Waals surface area contributed by atoms with Crippen LogP contribution in [0.4, 0.5) is 14.6 Å². The first-order valence-electron chi connectivity index (χ1n) is 11.8. The van der Waals surface area contributed by atoms with E-state index in [0.717, 1.165) is 6.07 Å². The number of halogens is 2. The second-order valence-corrected chi connectivity index (χ2v) is 8.63. The molecule has 1 aliphatic rings. The van der Waals surface area contributed by atoms with Gasteiger partial charge in [0.15, 0.2) is 23.1 Å². The van der Waals surface area contributed by atoms with Crippen LogP contribution < -0.4 is 15.2 Å². The van der Waals surface area contributed by atoms with Crippen LogP contribution in [0.2, 0.25) is 0 Å². The molecule has 4 aromatic rings. The SMILES string of the molecule is C=CC(=O)N1CC[C@H](n2nc(C#Cc3c(F)c(OC)cc(OC)c3F)c3c(N)ncc(-c4ccncn4)c32)C1. The molecule has 3 aromatic heterocycles. The van der Waals surface area contributed by atoms with Gasteiger partial charge in [-0.1, -0.05) is 12.5 Å². The number of fused-ring (bicyclic) bond motifs is 1. The third kappa shape index (κ3) is 4.48. The molecule has 5 rings (SSSR count). The van der Waals surface area contributed by atoms with Crippen molar-refractivity contribution in [2.24, 2.45) is 0 Å². The lowest BCUT2D eigenvalue weighted by Gasteiger charge is -2.16. The Morgan fingerprint density at radius 3 is 2.59 bits per heavy atom. The van der Waals surface area contributed by atoms with Gasteiger partial charge < -0.3 is 20.1 Å². The van der Waals surface area contributed by atoms with Crippen molar-refractivity contribution >= 4 is 22.6 Å². The van der Waals surface area contributed by atoms with E-state index in [2.05, 4.69) is 33.4 Å². The molecule has 4 heterocycles. The molecule has 0 spiro atoms. The van der Waals surface area contributed by atoms with Crippen molar-refractivity contribution in [1.82, 2.24) is 29.6 Å². The van der Waals surface area contributed by atoms with Gasteiger partial charge in [-0.3, -0.25) is 9.48 Å². The summed E-state index contributed by atoms with van der Waals surface area (Å²) in [7, 11) is 2.51. The second kappa shape index (κ2) is 10.4. The molecule has 10 nitrogen and oxygen atoms in total. The number of methoxy groups -OCH3 is 2. The van der Waals surface area contributed by atoms with Crippen molar-refractivity contribution in [2.75, 3.05) is 33.0 Å². The Morgan fingerprint density at radius 2 is 1.95 bits per heavy atom. The van der Waals surface area contributed by atoms with Crippen LogP contribution in [0.25, 0.3) is 22.2 Å². The second-order valence-electron chi connectivity index (χ2n) is 8.63. The first-order valence-corrected chi connectivity index (χ1v) is 11.8. The minimum atomic E-state index is -0.978. The van der Waals surface area contributed by atoms with Crippen molar-refractivity contribution in [2.45, 2.75) is 12.5 Å². The van der Waals surface area contributed by atoms with Gasteiger partial charge >= 0.3 is 0 Å². The van der Waals surface area contributed by atoms with Crippen LogP contribution >= 0.6 is 0 Å². The number of anilines is 1. The third-order valence-corrected chi connectivity index (χ3v) is 6.49. The van der Waals surface area contributed by atoms with Crippen molar-refractivity contribution in [3.63, 3.8) is 0 Å². The molecule has 39 heavy (non-hydrogen) atoms. The fourth-order valence-corrected chi connectivity index (χ4v) is 4.57. The molecule has 0 aliphatic carbocycles. The van der Waals surface area contributed by atoms with Crippen LogP contribution in [0, 0.1) is 23.5 Å². The van der Waals surface area contributed by atoms with Crippen LogP contribution in [0.1, 0.15) is 23.7 Å². The van der Waals surface area contributed by atoms with Crippen LogP contribution in [-0.2, 0) is 4.79 Å². The number of carbonyl (C=O) groups excluding carboxylic acids is 1. The van der Waals surface area contributed by atoms with Crippen molar-refractivity contribution in [3.05, 3.63) is 66.4 Å². The molecular weight excluding hydrogens is 508 g/mol. The first-order chi connectivity index (χ1) is 18.9. The number of likely N-dealkylation sites (tertiary alicyclic amines) is 1. The van der Waals surface area contributed by atoms with Gasteiger partial charge in [0, 0.05) is 37.1 Å². The van der Waals surface area contributed by atoms with Gasteiger partial charge in [-0.15, -0.1) is 0 Å². The van der Waals surface area contributed by atoms with Crippen LogP contribution in [0.5, 0.6) is 11.5 Å². The first kappa shape index (κ1) is 25.6. The highest BCUT2D eigenvalue weighted by Gasteiger charge is 2.30. The number of nitrogen functional groups attached to an aromatic ring is 1. The Balaban J connectivity index is 1.73. The van der Waals surface area contributed by atoms with Crippen LogP contribution in [0.3, 0.4) is 0 Å². The quantitative estimate of drug-likeness (QED) is 0.308. The van der Waals surface area contributed by atoms with E-state index in [1.54, 1.807) is 28.0 Å². The van der Waals surface area contributed by atoms with E-state index in [1.165, 1.54) is 26.6 Å². The van der Waals surface area contributed by atoms with E-state index >= 15 is 0 Å². The predicted molar refractivity (Wildman–Crippen MR) is 139 cm³/mol. The highest BCUT2D eigenvalue weighted by atomic mass is 19.1. The van der Waals surface area contributed by atoms with Gasteiger partial charge in [0.2, 0.25) is 5.91 Å². The number of ether oxygens (including phenoxy) is 2. The Hall–Kier alpha value is -5.05. The Bertz CT molecular complexity index is 1630. The Labute approximate surface area is 222 Å². The number of benzene rings is 1. The fourth-order valence-electron chi connectivity index (χ4n) is 4.57. The monoisotopic (exact) mass is 531 g/mol. The number of carbonyl (C=O) groups is 1. The number of nitrogens with zero attached hydrogens (tertiary/aromatic N) is 6. The zero-order valence-electron chi connectivity index (χ0n) is 21.1. The number of aromatic nitrogens is 5. The number of pyridine rings is 1. The fraction of sp³-hybridized carbons (Fsp3) is 0.222. The minimum absolute atomic E-state index is 0.125. The average molecular weight is 532 g/mol. The summed E-state index contributed by atoms with van der Waals surface area (Å²) in [6.45, 7) is 4.44. The molecule has 0 unspecified atom stereocenters. The summed E-state index contributed by atoms with van der Waals surface area (Å²) < 4.78 is 41.7. The molecule has 1 amide bonds. The number of nitrogens with two attached hydrogens (primary N) is 1. The molecule has 0 bridgehead atoms. The van der Waals surface area contributed by atoms with Gasteiger partial charge in [-0.2, -0.15) is 5.10 Å². The lowest BCUT2D eigenvalue weighted by atomic mass is 10.1. The summed E-state index contributed by atoms with van der Waals surface area (Å²) in [4.78, 5) is 26.5. The van der Waals surface area contributed by atoms with Crippen LogP contribution in [0.15, 0.2) is 43.5 Å². The Kier molecular flexibility index (Phi) is 6.81. The molecular formula is C27H23F2N7O3. The normalized spacial score (nSPS) is 14.7. The van der Waals surface area contributed by atoms with E-state index in [1.807, 2.05) is 0 Å². The van der Waals surface area contributed by atoms with Gasteiger partial charge in [-0.25, -0.2) is 23.7 Å². The maximum absolute atomic E-state index is 15.0. The highest BCUT2D eigenvalue weighted by molar-refractivity contribution is 6.01. The average Bonchev–Trinajstić information content (AvgIpc) is 3.59. The van der Waals surface area contributed by atoms with E-state index in [4.69, 9.17) is 20.3 Å². The minimum Gasteiger partial charge on any atom is -0.493 e. The van der Waals surface area contributed by atoms with Crippen molar-refractivity contribution in [3.8, 4) is 34.6 Å². The zero-order chi connectivity index (χ0) is 27.7. The number of rotatable bonds is 5. The molecule has 1 atom stereocenters. The Morgan fingerprint density at radius 1 is 1.21 bits per heavy atom. The lowest BCUT2D eigenvalue weighted by Crippen LogP contribution is -2.27. The smallest absolute Gasteiger partial charge is 0.246 e. The van der Waals surface area contributed by atoms with Gasteiger partial charge in [0.25, 0.3) is 0 Å². The molecule has 0 saturated carbocycles. The molecule has 1 fully saturated rings. The van der Waals surface area contributed by atoms with Gasteiger partial charge in [-0.05, 0) is 24.5 Å². The van der Waals surface area contributed by atoms with E-state index in [-0.39, 0.29) is 35.0 Å². The number of hydrogen-bond acceptors (Lipinski definition) is 8. The number of amides is 1. The maximum Gasteiger partial charge on any atom is 0.246 e. The summed E-state index contributed by atoms with van der Waals surface area (Å²) in [6.07, 6.45) is 6.43. The summed E-state index contributed by atoms with van der Waals surface area (Å²) in [5.74, 6) is 2.85. The summed E-state index contributed by atoms with van der Waals surface area (Å²) in [6, 6.07) is 2.58. The standard InChI is InChI=1S/C27H23F2N7O3/c1-4-22(37)35-10-8-15(13-35)36-26-17(18-7-9-31-14-33-18)12-32-27(30)23(26)19(34-36)6-5-16-24(28)20(38-2)11-21(39-3)25(16)29/h4,7,9,11-12,14-15H,1,8,10,13H2,2-3H3,(H2,30,32)/t15-/m0/s1. The summed E-state index contributed by atoms with van der Waals surface area (Å²) in [5, 5.41) is 5.10. The molecule has 2 N–H and O–H groups in total. The van der Waals surface area contributed by atoms with E-state index in [0.29, 0.717) is 41.7 Å². The molecule has 198 valence electrons. The lowest BCUT2D eigenvalue weighted by molar-refractivity contribution is -0.125.